The smallest absolute Gasteiger partial charge is 0.333 e. The highest BCUT2D eigenvalue weighted by molar-refractivity contribution is 5.93. The topological polar surface area (TPSA) is 104 Å². The van der Waals surface area contributed by atoms with Crippen LogP contribution in [0.3, 0.4) is 0 Å². The van der Waals surface area contributed by atoms with Gasteiger partial charge in [-0.2, -0.15) is 0 Å². The third kappa shape index (κ3) is 4.22. The molecule has 0 aliphatic heterocycles. The average molecular weight is 476 g/mol. The average Bonchev–Trinajstić information content (AvgIpc) is 3.60. The van der Waals surface area contributed by atoms with Crippen molar-refractivity contribution >= 4 is 22.8 Å². The molecule has 35 heavy (non-hydrogen) atoms. The Labute approximate surface area is 202 Å². The molecular formula is C26H29N5O4. The van der Waals surface area contributed by atoms with Crippen molar-refractivity contribution in [3.63, 3.8) is 0 Å². The Kier molecular flexibility index (Phi) is 6.15. The number of anilines is 1. The van der Waals surface area contributed by atoms with Crippen molar-refractivity contribution in [3.05, 3.63) is 80.6 Å². The Morgan fingerprint density at radius 2 is 2.03 bits per heavy atom. The standard InChI is InChI=1S/C26H29N5O4/c1-3-4-12-30-23-22(29(16-27-23)15-21-9-6-13-35-21)25(33)31(26(30)34)17(2)24(32)28-20-11-10-18-7-5-8-19(18)14-20/h6,9-11,13-14,16-17H,3-5,7-8,12,15H2,1-2H3,(H,28,32)/t17-/m0/s1. The number of aryl methyl sites for hydroxylation is 3. The molecule has 9 heteroatoms. The molecule has 1 N–H and O–H groups in total. The van der Waals surface area contributed by atoms with Gasteiger partial charge in [-0.3, -0.25) is 14.2 Å². The molecule has 182 valence electrons. The number of benzene rings is 1. The second-order valence-electron chi connectivity index (χ2n) is 9.09. The number of fused-ring (bicyclic) bond motifs is 2. The van der Waals surface area contributed by atoms with E-state index in [9.17, 15) is 14.4 Å². The maximum absolute atomic E-state index is 13.6. The number of amides is 1. The summed E-state index contributed by atoms with van der Waals surface area (Å²) in [6, 6.07) is 8.47. The van der Waals surface area contributed by atoms with Crippen LogP contribution in [0.4, 0.5) is 5.69 Å². The summed E-state index contributed by atoms with van der Waals surface area (Å²) in [5.74, 6) is 0.240. The van der Waals surface area contributed by atoms with Crippen LogP contribution in [0.15, 0.2) is 56.9 Å². The molecule has 1 aliphatic carbocycles. The Hall–Kier alpha value is -3.88. The lowest BCUT2D eigenvalue weighted by Crippen LogP contribution is -2.45. The van der Waals surface area contributed by atoms with Crippen LogP contribution >= 0.6 is 0 Å². The molecule has 0 radical (unpaired) electrons. The van der Waals surface area contributed by atoms with Crippen LogP contribution in [0.25, 0.3) is 11.2 Å². The number of rotatable bonds is 8. The van der Waals surface area contributed by atoms with Crippen LogP contribution in [0.2, 0.25) is 0 Å². The number of hydrogen-bond acceptors (Lipinski definition) is 5. The highest BCUT2D eigenvalue weighted by atomic mass is 16.3. The van der Waals surface area contributed by atoms with E-state index in [2.05, 4.69) is 10.3 Å². The number of hydrogen-bond donors (Lipinski definition) is 1. The first-order valence-electron chi connectivity index (χ1n) is 12.1. The van der Waals surface area contributed by atoms with Crippen LogP contribution in [-0.2, 0) is 30.7 Å². The van der Waals surface area contributed by atoms with E-state index >= 15 is 0 Å². The molecule has 1 aliphatic rings. The minimum atomic E-state index is -1.01. The van der Waals surface area contributed by atoms with Crippen molar-refractivity contribution in [2.75, 3.05) is 5.32 Å². The van der Waals surface area contributed by atoms with E-state index < -0.39 is 23.2 Å². The summed E-state index contributed by atoms with van der Waals surface area (Å²) in [6.07, 6.45) is 7.88. The van der Waals surface area contributed by atoms with Crippen LogP contribution < -0.4 is 16.6 Å². The van der Waals surface area contributed by atoms with E-state index in [1.54, 1.807) is 23.8 Å². The van der Waals surface area contributed by atoms with Crippen LogP contribution in [0.5, 0.6) is 0 Å². The Balaban J connectivity index is 1.55. The van der Waals surface area contributed by atoms with Gasteiger partial charge in [0.2, 0.25) is 5.91 Å². The van der Waals surface area contributed by atoms with E-state index in [1.165, 1.54) is 22.0 Å². The fourth-order valence-electron chi connectivity index (χ4n) is 4.77. The molecule has 9 nitrogen and oxygen atoms in total. The normalized spacial score (nSPS) is 13.8. The SMILES string of the molecule is CCCCn1c(=O)n([C@@H](C)C(=O)Nc2ccc3c(c2)CCC3)c(=O)c2c1ncn2Cc1ccco1. The fourth-order valence-corrected chi connectivity index (χ4v) is 4.77. The summed E-state index contributed by atoms with van der Waals surface area (Å²) in [4.78, 5) is 44.7. The van der Waals surface area contributed by atoms with Crippen molar-refractivity contribution in [1.29, 1.82) is 0 Å². The maximum Gasteiger partial charge on any atom is 0.333 e. The number of nitrogens with one attached hydrogen (secondary N) is 1. The van der Waals surface area contributed by atoms with Gasteiger partial charge in [0.05, 0.1) is 19.1 Å². The number of furan rings is 1. The van der Waals surface area contributed by atoms with Crippen molar-refractivity contribution in [2.24, 2.45) is 0 Å². The van der Waals surface area contributed by atoms with Gasteiger partial charge in [0.25, 0.3) is 5.56 Å². The number of carbonyl (C=O) groups excluding carboxylic acids is 1. The quantitative estimate of drug-likeness (QED) is 0.420. The van der Waals surface area contributed by atoms with Crippen LogP contribution in [0, 0.1) is 0 Å². The lowest BCUT2D eigenvalue weighted by molar-refractivity contribution is -0.119. The van der Waals surface area contributed by atoms with E-state index in [1.807, 2.05) is 31.2 Å². The number of carbonyl (C=O) groups is 1. The molecular weight excluding hydrogens is 446 g/mol. The van der Waals surface area contributed by atoms with Gasteiger partial charge in [0.1, 0.15) is 11.8 Å². The molecule has 0 saturated heterocycles. The predicted molar refractivity (Wildman–Crippen MR) is 133 cm³/mol. The van der Waals surface area contributed by atoms with E-state index in [0.717, 1.165) is 36.7 Å². The molecule has 3 heterocycles. The largest absolute Gasteiger partial charge is 0.467 e. The predicted octanol–water partition coefficient (Wildman–Crippen LogP) is 3.49. The van der Waals surface area contributed by atoms with Crippen LogP contribution in [0.1, 0.15) is 56.0 Å². The zero-order chi connectivity index (χ0) is 24.5. The number of aromatic nitrogens is 4. The lowest BCUT2D eigenvalue weighted by atomic mass is 10.1. The van der Waals surface area contributed by atoms with Gasteiger partial charge in [0.15, 0.2) is 11.2 Å². The van der Waals surface area contributed by atoms with Gasteiger partial charge in [-0.15, -0.1) is 0 Å². The van der Waals surface area contributed by atoms with Gasteiger partial charge in [-0.25, -0.2) is 14.3 Å². The molecule has 1 amide bonds. The monoisotopic (exact) mass is 475 g/mol. The minimum absolute atomic E-state index is 0.272. The highest BCUT2D eigenvalue weighted by Gasteiger charge is 2.25. The van der Waals surface area contributed by atoms with E-state index in [-0.39, 0.29) is 5.52 Å². The Morgan fingerprint density at radius 3 is 2.80 bits per heavy atom. The molecule has 1 aromatic carbocycles. The number of imidazole rings is 1. The van der Waals surface area contributed by atoms with Gasteiger partial charge >= 0.3 is 5.69 Å². The van der Waals surface area contributed by atoms with Crippen molar-refractivity contribution in [1.82, 2.24) is 18.7 Å². The third-order valence-corrected chi connectivity index (χ3v) is 6.71. The van der Waals surface area contributed by atoms with E-state index in [4.69, 9.17) is 4.42 Å². The molecule has 0 bridgehead atoms. The first-order chi connectivity index (χ1) is 17.0. The second kappa shape index (κ2) is 9.40. The highest BCUT2D eigenvalue weighted by Crippen LogP contribution is 2.25. The molecule has 4 aromatic rings. The van der Waals surface area contributed by atoms with Gasteiger partial charge < -0.3 is 14.3 Å². The lowest BCUT2D eigenvalue weighted by Gasteiger charge is -2.18. The molecule has 1 atom stereocenters. The summed E-state index contributed by atoms with van der Waals surface area (Å²) < 4.78 is 9.65. The summed E-state index contributed by atoms with van der Waals surface area (Å²) in [5.41, 5.74) is 2.73. The molecule has 3 aromatic heterocycles. The van der Waals surface area contributed by atoms with Crippen molar-refractivity contribution < 1.29 is 9.21 Å². The third-order valence-electron chi connectivity index (χ3n) is 6.71. The first-order valence-corrected chi connectivity index (χ1v) is 12.1. The molecule has 0 fully saturated rings. The maximum atomic E-state index is 13.6. The molecule has 0 saturated carbocycles. The van der Waals surface area contributed by atoms with Gasteiger partial charge in [-0.05, 0) is 68.0 Å². The zero-order valence-electron chi connectivity index (χ0n) is 20.0. The van der Waals surface area contributed by atoms with Gasteiger partial charge in [0, 0.05) is 12.2 Å². The molecule has 0 spiro atoms. The second-order valence-corrected chi connectivity index (χ2v) is 9.09. The summed E-state index contributed by atoms with van der Waals surface area (Å²) in [5, 5.41) is 2.90. The minimum Gasteiger partial charge on any atom is -0.467 e. The van der Waals surface area contributed by atoms with E-state index in [0.29, 0.717) is 30.2 Å². The number of unbranched alkanes of at least 4 members (excludes halogenated alkanes) is 1. The molecule has 5 rings (SSSR count). The number of nitrogens with zero attached hydrogens (tertiary/aromatic N) is 4. The summed E-state index contributed by atoms with van der Waals surface area (Å²) in [7, 11) is 0. The van der Waals surface area contributed by atoms with Crippen LogP contribution in [-0.4, -0.2) is 24.6 Å². The van der Waals surface area contributed by atoms with Crippen molar-refractivity contribution in [2.45, 2.75) is 65.1 Å². The summed E-state index contributed by atoms with van der Waals surface area (Å²) in [6.45, 7) is 4.30. The summed E-state index contributed by atoms with van der Waals surface area (Å²) >= 11 is 0. The Bertz CT molecular complexity index is 1490. The molecule has 0 unspecified atom stereocenters. The zero-order valence-corrected chi connectivity index (χ0v) is 20.0. The van der Waals surface area contributed by atoms with Crippen molar-refractivity contribution in [3.8, 4) is 0 Å². The van der Waals surface area contributed by atoms with Gasteiger partial charge in [-0.1, -0.05) is 19.4 Å². The fraction of sp³-hybridized carbons (Fsp3) is 0.385. The Morgan fingerprint density at radius 1 is 1.20 bits per heavy atom. The first kappa shape index (κ1) is 22.9.